The van der Waals surface area contributed by atoms with Gasteiger partial charge in [-0.3, -0.25) is 9.69 Å². The average Bonchev–Trinajstić information content (AvgIpc) is 3.25. The van der Waals surface area contributed by atoms with Gasteiger partial charge in [-0.2, -0.15) is 13.2 Å². The minimum Gasteiger partial charge on any atom is -0.475 e. The summed E-state index contributed by atoms with van der Waals surface area (Å²) < 4.78 is 66.2. The Labute approximate surface area is 260 Å². The summed E-state index contributed by atoms with van der Waals surface area (Å²) in [5.74, 6) is -4.33. The zero-order chi connectivity index (χ0) is 32.8. The van der Waals surface area contributed by atoms with Crippen LogP contribution in [0.3, 0.4) is 0 Å². The Morgan fingerprint density at radius 1 is 0.978 bits per heavy atom. The van der Waals surface area contributed by atoms with Crippen molar-refractivity contribution in [3.63, 3.8) is 0 Å². The monoisotopic (exact) mass is 645 g/mol. The molecule has 1 N–H and O–H groups in total. The van der Waals surface area contributed by atoms with Crippen LogP contribution in [0.1, 0.15) is 94.3 Å². The number of likely N-dealkylation sites (tertiary alicyclic amines) is 2. The number of piperidine rings is 2. The van der Waals surface area contributed by atoms with E-state index in [4.69, 9.17) is 14.6 Å². The second-order valence-corrected chi connectivity index (χ2v) is 12.7. The lowest BCUT2D eigenvalue weighted by atomic mass is 9.80. The summed E-state index contributed by atoms with van der Waals surface area (Å²) in [6.07, 6.45) is 7.55. The van der Waals surface area contributed by atoms with Crippen molar-refractivity contribution in [1.29, 1.82) is 0 Å². The highest BCUT2D eigenvalue weighted by Gasteiger charge is 2.55. The van der Waals surface area contributed by atoms with Crippen molar-refractivity contribution in [2.45, 2.75) is 108 Å². The molecule has 3 saturated heterocycles. The Kier molecular flexibility index (Phi) is 11.7. The third-order valence-electron chi connectivity index (χ3n) is 9.85. The zero-order valence-corrected chi connectivity index (χ0v) is 25.8. The van der Waals surface area contributed by atoms with Crippen LogP contribution in [0.15, 0.2) is 18.2 Å². The number of amides is 2. The van der Waals surface area contributed by atoms with Crippen LogP contribution in [0.25, 0.3) is 0 Å². The zero-order valence-electron chi connectivity index (χ0n) is 25.8. The predicted molar refractivity (Wildman–Crippen MR) is 156 cm³/mol. The average molecular weight is 646 g/mol. The first-order valence-corrected chi connectivity index (χ1v) is 16.1. The maximum absolute atomic E-state index is 14.1. The number of carbonyl (C=O) groups excluding carboxylic acids is 2. The number of halogens is 5. The number of unbranched alkanes of at least 4 members (excludes halogenated alkanes) is 1. The summed E-state index contributed by atoms with van der Waals surface area (Å²) in [4.78, 5) is 41.0. The smallest absolute Gasteiger partial charge is 0.475 e. The van der Waals surface area contributed by atoms with E-state index in [-0.39, 0.29) is 12.1 Å². The van der Waals surface area contributed by atoms with Crippen molar-refractivity contribution in [1.82, 2.24) is 14.7 Å². The molecule has 1 spiro atoms. The Balaban J connectivity index is 0.000000591. The molecule has 8 nitrogen and oxygen atoms in total. The van der Waals surface area contributed by atoms with Gasteiger partial charge >= 0.3 is 18.2 Å². The highest BCUT2D eigenvalue weighted by molar-refractivity contribution is 5.94. The van der Waals surface area contributed by atoms with Crippen molar-refractivity contribution >= 4 is 18.0 Å². The molecular weight excluding hydrogens is 601 g/mol. The molecule has 1 unspecified atom stereocenters. The highest BCUT2D eigenvalue weighted by Crippen LogP contribution is 2.43. The second-order valence-electron chi connectivity index (χ2n) is 12.7. The summed E-state index contributed by atoms with van der Waals surface area (Å²) in [6.45, 7) is 5.76. The van der Waals surface area contributed by atoms with Crippen LogP contribution in [0, 0.1) is 17.6 Å². The molecule has 0 bridgehead atoms. The fraction of sp³-hybridized carbons (Fsp3) is 0.719. The highest BCUT2D eigenvalue weighted by atomic mass is 19.4. The Morgan fingerprint density at radius 3 is 2.09 bits per heavy atom. The first-order valence-electron chi connectivity index (χ1n) is 16.1. The van der Waals surface area contributed by atoms with Gasteiger partial charge in [0.1, 0.15) is 22.8 Å². The van der Waals surface area contributed by atoms with Crippen molar-refractivity contribution < 1.29 is 46.2 Å². The molecule has 1 saturated carbocycles. The number of rotatable bonds is 7. The van der Waals surface area contributed by atoms with E-state index < -0.39 is 40.9 Å². The second kappa shape index (κ2) is 15.1. The Bertz CT molecular complexity index is 1160. The van der Waals surface area contributed by atoms with E-state index in [1.54, 1.807) is 4.90 Å². The molecule has 3 aliphatic heterocycles. The molecule has 1 aromatic rings. The van der Waals surface area contributed by atoms with Gasteiger partial charge in [0.15, 0.2) is 0 Å². The molecule has 1 aromatic carbocycles. The van der Waals surface area contributed by atoms with E-state index in [0.717, 1.165) is 76.7 Å². The van der Waals surface area contributed by atoms with Crippen LogP contribution >= 0.6 is 0 Å². The van der Waals surface area contributed by atoms with E-state index in [1.165, 1.54) is 38.2 Å². The fourth-order valence-corrected chi connectivity index (χ4v) is 7.38. The molecule has 45 heavy (non-hydrogen) atoms. The Morgan fingerprint density at radius 2 is 1.56 bits per heavy atom. The lowest BCUT2D eigenvalue weighted by Gasteiger charge is -2.46. The van der Waals surface area contributed by atoms with Crippen LogP contribution in [-0.4, -0.2) is 94.4 Å². The number of carboxylic acids is 1. The van der Waals surface area contributed by atoms with Crippen molar-refractivity contribution in [3.8, 4) is 0 Å². The molecule has 13 heteroatoms. The van der Waals surface area contributed by atoms with Gasteiger partial charge in [-0.15, -0.1) is 0 Å². The molecule has 1 atom stereocenters. The van der Waals surface area contributed by atoms with Crippen molar-refractivity contribution in [2.75, 3.05) is 32.7 Å². The number of hydrogen-bond acceptors (Lipinski definition) is 5. The molecule has 1 aliphatic carbocycles. The van der Waals surface area contributed by atoms with Gasteiger partial charge in [0, 0.05) is 51.6 Å². The maximum atomic E-state index is 14.1. The fourth-order valence-electron chi connectivity index (χ4n) is 7.38. The van der Waals surface area contributed by atoms with Crippen LogP contribution in [-0.2, 0) is 9.53 Å². The molecule has 2 amide bonds. The third-order valence-corrected chi connectivity index (χ3v) is 9.85. The van der Waals surface area contributed by atoms with E-state index >= 15 is 0 Å². The van der Waals surface area contributed by atoms with Crippen LogP contribution in [0.5, 0.6) is 0 Å². The van der Waals surface area contributed by atoms with Crippen LogP contribution in [0.2, 0.25) is 0 Å². The van der Waals surface area contributed by atoms with Gasteiger partial charge in [-0.05, 0) is 50.2 Å². The van der Waals surface area contributed by atoms with Gasteiger partial charge in [0.2, 0.25) is 0 Å². The summed E-state index contributed by atoms with van der Waals surface area (Å²) >= 11 is 0. The quantitative estimate of drug-likeness (QED) is 0.335. The van der Waals surface area contributed by atoms with Crippen molar-refractivity contribution in [3.05, 3.63) is 35.4 Å². The molecule has 3 heterocycles. The molecule has 4 aliphatic rings. The first-order chi connectivity index (χ1) is 21.4. The van der Waals surface area contributed by atoms with Gasteiger partial charge in [0.25, 0.3) is 5.91 Å². The van der Waals surface area contributed by atoms with Crippen molar-refractivity contribution in [2.24, 2.45) is 5.92 Å². The molecular formula is C32H44F5N3O5. The summed E-state index contributed by atoms with van der Waals surface area (Å²) in [5, 5.41) is 7.12. The Hall–Kier alpha value is -2.96. The third kappa shape index (κ3) is 8.45. The van der Waals surface area contributed by atoms with Gasteiger partial charge in [-0.25, -0.2) is 18.4 Å². The number of carboxylic acid groups (broad SMARTS) is 1. The molecule has 0 aromatic heterocycles. The molecule has 0 radical (unpaired) electrons. The number of alkyl halides is 3. The molecule has 5 rings (SSSR count). The van der Waals surface area contributed by atoms with E-state index in [1.807, 2.05) is 0 Å². The number of hydrogen-bond donors (Lipinski definition) is 1. The van der Waals surface area contributed by atoms with Crippen LogP contribution < -0.4 is 0 Å². The minimum absolute atomic E-state index is 0.114. The number of aliphatic carboxylic acids is 1. The number of carbonyl (C=O) groups is 3. The number of nitrogens with zero attached hydrogens (tertiary/aromatic N) is 3. The summed E-state index contributed by atoms with van der Waals surface area (Å²) in [5.41, 5.74) is -0.846. The molecule has 252 valence electrons. The molecule has 4 fully saturated rings. The summed E-state index contributed by atoms with van der Waals surface area (Å²) in [7, 11) is 0. The maximum Gasteiger partial charge on any atom is 0.490 e. The van der Waals surface area contributed by atoms with Gasteiger partial charge in [0.05, 0.1) is 6.04 Å². The van der Waals surface area contributed by atoms with E-state index in [2.05, 4.69) is 16.7 Å². The largest absolute Gasteiger partial charge is 0.490 e. The normalized spacial score (nSPS) is 23.1. The van der Waals surface area contributed by atoms with Gasteiger partial charge < -0.3 is 19.6 Å². The topological polar surface area (TPSA) is 90.4 Å². The van der Waals surface area contributed by atoms with Gasteiger partial charge in [-0.1, -0.05) is 45.1 Å². The first kappa shape index (κ1) is 34.9. The minimum atomic E-state index is -5.08. The SMILES string of the molecule is CCCCC1N(CC2CCCCC2)C(=O)OC12CCN(C1CCN(C(=O)c3c(F)cccc3F)CC1)CC2.O=C(O)C(F)(F)F. The summed E-state index contributed by atoms with van der Waals surface area (Å²) in [6, 6.07) is 4.03. The van der Waals surface area contributed by atoms with E-state index in [0.29, 0.717) is 25.0 Å². The lowest BCUT2D eigenvalue weighted by Crippen LogP contribution is -2.56. The van der Waals surface area contributed by atoms with Crippen LogP contribution in [0.4, 0.5) is 26.7 Å². The van der Waals surface area contributed by atoms with E-state index in [9.17, 15) is 31.5 Å². The lowest BCUT2D eigenvalue weighted by molar-refractivity contribution is -0.192. The number of benzene rings is 1. The standard InChI is InChI=1S/C30H43F2N3O3.C2HF3O2/c1-2-3-12-26-30(38-29(37)35(26)21-22-8-5-4-6-9-22)15-19-33(20-16-30)23-13-17-34(18-14-23)28(36)27-24(31)10-7-11-25(27)32;3-2(4,5)1(6)7/h7,10-11,22-23,26H,2-6,8-9,12-21H2,1H3;(H,6,7). The predicted octanol–water partition coefficient (Wildman–Crippen LogP) is 6.63. The number of ether oxygens (including phenoxy) is 1.